The van der Waals surface area contributed by atoms with Crippen molar-refractivity contribution in [3.05, 3.63) is 95.1 Å². The minimum atomic E-state index is -1.16. The number of rotatable bonds is 7. The van der Waals surface area contributed by atoms with E-state index in [-0.39, 0.29) is 24.7 Å². The number of ether oxygens (including phenoxy) is 1. The maximum Gasteiger partial charge on any atom is 0.407 e. The van der Waals surface area contributed by atoms with Crippen LogP contribution in [0.4, 0.5) is 4.79 Å². The van der Waals surface area contributed by atoms with Gasteiger partial charge in [0, 0.05) is 17.9 Å². The zero-order valence-electron chi connectivity index (χ0n) is 17.6. The van der Waals surface area contributed by atoms with Gasteiger partial charge in [-0.3, -0.25) is 4.79 Å². The predicted molar refractivity (Wildman–Crippen MR) is 120 cm³/mol. The number of benzene rings is 3. The van der Waals surface area contributed by atoms with Gasteiger partial charge < -0.3 is 15.2 Å². The molecule has 1 unspecified atom stereocenters. The van der Waals surface area contributed by atoms with Gasteiger partial charge in [-0.05, 0) is 34.7 Å². The van der Waals surface area contributed by atoms with Gasteiger partial charge >= 0.3 is 12.1 Å². The number of carboxylic acids is 1. The summed E-state index contributed by atoms with van der Waals surface area (Å²) in [6.07, 6.45) is -0.697. The monoisotopic (exact) mass is 429 g/mol. The van der Waals surface area contributed by atoms with Crippen molar-refractivity contribution in [3.63, 3.8) is 0 Å². The smallest absolute Gasteiger partial charge is 0.407 e. The summed E-state index contributed by atoms with van der Waals surface area (Å²) < 4.78 is 5.45. The van der Waals surface area contributed by atoms with Crippen LogP contribution in [-0.2, 0) is 16.0 Å². The molecule has 0 aliphatic heterocycles. The quantitative estimate of drug-likeness (QED) is 0.542. The van der Waals surface area contributed by atoms with Gasteiger partial charge in [-0.15, -0.1) is 0 Å². The number of carbonyl (C=O) groups excluding carboxylic acids is 2. The topological polar surface area (TPSA) is 92.7 Å². The number of carbonyl (C=O) groups is 3. The van der Waals surface area contributed by atoms with Crippen LogP contribution in [0.1, 0.15) is 39.9 Å². The van der Waals surface area contributed by atoms with Crippen LogP contribution in [0, 0.1) is 0 Å². The van der Waals surface area contributed by atoms with E-state index in [0.717, 1.165) is 22.3 Å². The fraction of sp³-hybridized carbons (Fsp3) is 0.192. The molecule has 0 saturated heterocycles. The first-order valence-corrected chi connectivity index (χ1v) is 10.4. The number of ketones is 1. The molecule has 1 atom stereocenters. The summed E-state index contributed by atoms with van der Waals surface area (Å²) in [5.74, 6) is -1.33. The Morgan fingerprint density at radius 3 is 2.00 bits per heavy atom. The minimum absolute atomic E-state index is 0.0666. The van der Waals surface area contributed by atoms with Gasteiger partial charge in [-0.2, -0.15) is 0 Å². The molecule has 0 heterocycles. The Morgan fingerprint density at radius 1 is 0.906 bits per heavy atom. The molecule has 1 aliphatic carbocycles. The number of fused-ring (bicyclic) bond motifs is 3. The molecule has 162 valence electrons. The average Bonchev–Trinajstić information content (AvgIpc) is 3.11. The minimum Gasteiger partial charge on any atom is -0.480 e. The Hall–Kier alpha value is -3.93. The van der Waals surface area contributed by atoms with E-state index in [0.29, 0.717) is 11.1 Å². The summed E-state index contributed by atoms with van der Waals surface area (Å²) in [6, 6.07) is 21.5. The van der Waals surface area contributed by atoms with Crippen molar-refractivity contribution < 1.29 is 24.2 Å². The first kappa shape index (κ1) is 21.3. The summed E-state index contributed by atoms with van der Waals surface area (Å²) in [5.41, 5.74) is 5.65. The molecule has 0 bridgehead atoms. The van der Waals surface area contributed by atoms with E-state index in [1.165, 1.54) is 6.92 Å². The molecule has 0 spiro atoms. The first-order valence-electron chi connectivity index (χ1n) is 10.4. The molecule has 1 aliphatic rings. The number of Topliss-reactive ketones (excluding diaryl/α,β-unsaturated/α-hetero) is 1. The van der Waals surface area contributed by atoms with Crippen molar-refractivity contribution in [1.82, 2.24) is 5.32 Å². The third-order valence-corrected chi connectivity index (χ3v) is 5.73. The van der Waals surface area contributed by atoms with E-state index in [4.69, 9.17) is 4.74 Å². The van der Waals surface area contributed by atoms with Crippen LogP contribution in [0.5, 0.6) is 0 Å². The fourth-order valence-electron chi connectivity index (χ4n) is 4.09. The molecule has 0 fully saturated rings. The highest BCUT2D eigenvalue weighted by molar-refractivity contribution is 5.94. The molecule has 0 saturated carbocycles. The Kier molecular flexibility index (Phi) is 6.03. The van der Waals surface area contributed by atoms with E-state index < -0.39 is 18.1 Å². The van der Waals surface area contributed by atoms with Gasteiger partial charge in [0.15, 0.2) is 5.78 Å². The summed E-state index contributed by atoms with van der Waals surface area (Å²) >= 11 is 0. The number of nitrogens with one attached hydrogen (secondary N) is 1. The largest absolute Gasteiger partial charge is 0.480 e. The summed E-state index contributed by atoms with van der Waals surface area (Å²) in [7, 11) is 0. The standard InChI is InChI=1S/C26H23NO5/c1-16(28)18-12-10-17(11-13-18)14-24(25(29)30)27-26(31)32-15-23-21-8-4-2-6-19(21)20-7-3-5-9-22(20)23/h2-13,23-24H,14-15H2,1H3,(H,27,31)(H,29,30). The van der Waals surface area contributed by atoms with Crippen LogP contribution in [0.15, 0.2) is 72.8 Å². The van der Waals surface area contributed by atoms with Gasteiger partial charge in [0.05, 0.1) is 0 Å². The van der Waals surface area contributed by atoms with Gasteiger partial charge in [-0.1, -0.05) is 72.8 Å². The van der Waals surface area contributed by atoms with Gasteiger partial charge in [0.25, 0.3) is 0 Å². The number of hydrogen-bond acceptors (Lipinski definition) is 4. The molecule has 2 N–H and O–H groups in total. The van der Waals surface area contributed by atoms with Crippen molar-refractivity contribution in [2.75, 3.05) is 6.61 Å². The molecule has 3 aromatic rings. The lowest BCUT2D eigenvalue weighted by Crippen LogP contribution is -2.42. The van der Waals surface area contributed by atoms with Crippen LogP contribution in [-0.4, -0.2) is 35.6 Å². The maximum absolute atomic E-state index is 12.4. The lowest BCUT2D eigenvalue weighted by atomic mass is 9.98. The van der Waals surface area contributed by atoms with E-state index >= 15 is 0 Å². The van der Waals surface area contributed by atoms with E-state index in [2.05, 4.69) is 5.32 Å². The van der Waals surface area contributed by atoms with Crippen LogP contribution in [0.25, 0.3) is 11.1 Å². The van der Waals surface area contributed by atoms with Crippen molar-refractivity contribution in [1.29, 1.82) is 0 Å². The Balaban J connectivity index is 1.41. The fourth-order valence-corrected chi connectivity index (χ4v) is 4.09. The number of carboxylic acid groups (broad SMARTS) is 1. The number of hydrogen-bond donors (Lipinski definition) is 2. The molecule has 32 heavy (non-hydrogen) atoms. The predicted octanol–water partition coefficient (Wildman–Crippen LogP) is 4.42. The molecule has 0 radical (unpaired) electrons. The maximum atomic E-state index is 12.4. The van der Waals surface area contributed by atoms with Crippen molar-refractivity contribution in [2.24, 2.45) is 0 Å². The number of alkyl carbamates (subject to hydrolysis) is 1. The van der Waals surface area contributed by atoms with Crippen LogP contribution in [0.3, 0.4) is 0 Å². The molecule has 4 rings (SSSR count). The van der Waals surface area contributed by atoms with Gasteiger partial charge in [-0.25, -0.2) is 9.59 Å². The lowest BCUT2D eigenvalue weighted by Gasteiger charge is -2.17. The number of aliphatic carboxylic acids is 1. The van der Waals surface area contributed by atoms with E-state index in [1.807, 2.05) is 48.5 Å². The normalized spacial score (nSPS) is 13.0. The highest BCUT2D eigenvalue weighted by Gasteiger charge is 2.29. The third-order valence-electron chi connectivity index (χ3n) is 5.73. The van der Waals surface area contributed by atoms with Crippen LogP contribution in [0.2, 0.25) is 0 Å². The van der Waals surface area contributed by atoms with Crippen molar-refractivity contribution in [2.45, 2.75) is 25.3 Å². The van der Waals surface area contributed by atoms with Crippen molar-refractivity contribution in [3.8, 4) is 11.1 Å². The second-order valence-corrected chi connectivity index (χ2v) is 7.82. The second kappa shape index (κ2) is 9.06. The molecule has 1 amide bonds. The summed E-state index contributed by atoms with van der Waals surface area (Å²) in [6.45, 7) is 1.58. The molecular weight excluding hydrogens is 406 g/mol. The summed E-state index contributed by atoms with van der Waals surface area (Å²) in [4.78, 5) is 35.5. The van der Waals surface area contributed by atoms with Crippen molar-refractivity contribution >= 4 is 17.8 Å². The molecule has 6 heteroatoms. The average molecular weight is 429 g/mol. The van der Waals surface area contributed by atoms with Crippen LogP contribution >= 0.6 is 0 Å². The number of amides is 1. The highest BCUT2D eigenvalue weighted by Crippen LogP contribution is 2.44. The highest BCUT2D eigenvalue weighted by atomic mass is 16.5. The van der Waals surface area contributed by atoms with Gasteiger partial charge in [0.1, 0.15) is 12.6 Å². The second-order valence-electron chi connectivity index (χ2n) is 7.82. The Labute approximate surface area is 185 Å². The van der Waals surface area contributed by atoms with Gasteiger partial charge in [0.2, 0.25) is 0 Å². The first-order chi connectivity index (χ1) is 15.4. The Bertz CT molecular complexity index is 1120. The van der Waals surface area contributed by atoms with E-state index in [9.17, 15) is 19.5 Å². The van der Waals surface area contributed by atoms with E-state index in [1.54, 1.807) is 24.3 Å². The zero-order chi connectivity index (χ0) is 22.7. The summed E-state index contributed by atoms with van der Waals surface area (Å²) in [5, 5.41) is 12.0. The molecular formula is C26H23NO5. The zero-order valence-corrected chi connectivity index (χ0v) is 17.6. The lowest BCUT2D eigenvalue weighted by molar-refractivity contribution is -0.139. The Morgan fingerprint density at radius 2 is 1.47 bits per heavy atom. The molecule has 0 aromatic heterocycles. The third kappa shape index (κ3) is 4.39. The van der Waals surface area contributed by atoms with Crippen LogP contribution < -0.4 is 5.32 Å². The molecule has 3 aromatic carbocycles. The molecule has 6 nitrogen and oxygen atoms in total. The SMILES string of the molecule is CC(=O)c1ccc(CC(NC(=O)OCC2c3ccccc3-c3ccccc32)C(=O)O)cc1.